The first-order chi connectivity index (χ1) is 22.1. The highest BCUT2D eigenvalue weighted by Crippen LogP contribution is 2.80. The minimum Gasteiger partial charge on any atom is -0.375 e. The van der Waals surface area contributed by atoms with Crippen molar-refractivity contribution in [1.82, 2.24) is 0 Å². The van der Waals surface area contributed by atoms with Crippen LogP contribution in [0.15, 0.2) is 12.2 Å². The normalized spacial score (nSPS) is 45.3. The van der Waals surface area contributed by atoms with Crippen LogP contribution in [0.25, 0.3) is 0 Å². The van der Waals surface area contributed by atoms with E-state index in [1.165, 1.54) is 44.1 Å². The molecule has 10 heteroatoms. The number of rotatable bonds is 11. The van der Waals surface area contributed by atoms with Gasteiger partial charge >= 0.3 is 15.6 Å². The summed E-state index contributed by atoms with van der Waals surface area (Å²) in [6.45, 7) is 29.1. The Kier molecular flexibility index (Phi) is 10.5. The maximum atomic E-state index is 12.7. The zero-order valence-corrected chi connectivity index (χ0v) is 33.5. The molecule has 0 aromatic rings. The Morgan fingerprint density at radius 1 is 0.854 bits per heavy atom. The van der Waals surface area contributed by atoms with Crippen LogP contribution in [0.3, 0.4) is 0 Å². The highest BCUT2D eigenvalue weighted by atomic mass is 31.3. The fourth-order valence-corrected chi connectivity index (χ4v) is 16.7. The maximum Gasteiger partial charge on any atom is 0.481 e. The Morgan fingerprint density at radius 3 is 2.04 bits per heavy atom. The van der Waals surface area contributed by atoms with Crippen LogP contribution in [0.2, 0.25) is 0 Å². The molecule has 0 aromatic heterocycles. The average molecular weight is 715 g/mol. The summed E-state index contributed by atoms with van der Waals surface area (Å²) in [6.07, 6.45) is 12.2. The van der Waals surface area contributed by atoms with Crippen molar-refractivity contribution in [2.24, 2.45) is 62.6 Å². The number of phosphoric acid groups is 2. The molecule has 0 heterocycles. The third-order valence-electron chi connectivity index (χ3n) is 16.6. The van der Waals surface area contributed by atoms with E-state index in [0.717, 1.165) is 38.7 Å². The number of allylic oxidation sites excluding steroid dienone is 1. The summed E-state index contributed by atoms with van der Waals surface area (Å²) in [5.41, 5.74) is 1.19. The van der Waals surface area contributed by atoms with Crippen molar-refractivity contribution in [2.75, 3.05) is 6.61 Å². The van der Waals surface area contributed by atoms with Crippen LogP contribution in [-0.2, 0) is 22.7 Å². The standard InChI is InChI=1S/C38H68O8P2/c1-12-26-24-36(11)28(32-27(25(5)6)18-23-38(26,32)37(13-2,14-3)44-15-4)16-17-30-34(9)21-20-31(45-48(42,43)46-47(39,40)41)33(7,8)29(34)19-22-35(30,36)10/h26-32H,5,12-24H2,1-4,6-11H3,(H,42,43)(H2,39,40,41)/t26?,27-,28+,29-,30+,31-,32+,34-,35+,36+,38-/m0/s1. The van der Waals surface area contributed by atoms with E-state index in [1.807, 2.05) is 0 Å². The predicted octanol–water partition coefficient (Wildman–Crippen LogP) is 10.5. The van der Waals surface area contributed by atoms with E-state index in [4.69, 9.17) is 9.26 Å². The molecular formula is C38H68O8P2. The lowest BCUT2D eigenvalue weighted by Gasteiger charge is -2.75. The predicted molar refractivity (Wildman–Crippen MR) is 191 cm³/mol. The molecule has 5 aliphatic carbocycles. The number of ether oxygens (including phenoxy) is 1. The van der Waals surface area contributed by atoms with E-state index in [2.05, 4.69) is 80.1 Å². The van der Waals surface area contributed by atoms with E-state index in [1.54, 1.807) is 0 Å². The van der Waals surface area contributed by atoms with Gasteiger partial charge in [-0.15, -0.1) is 0 Å². The molecule has 5 aliphatic rings. The molecule has 0 saturated heterocycles. The Hall–Kier alpha value is -0.0400. The second kappa shape index (κ2) is 12.8. The van der Waals surface area contributed by atoms with Gasteiger partial charge in [-0.25, -0.2) is 9.13 Å². The quantitative estimate of drug-likeness (QED) is 0.143. The maximum absolute atomic E-state index is 12.7. The van der Waals surface area contributed by atoms with E-state index < -0.39 is 27.2 Å². The summed E-state index contributed by atoms with van der Waals surface area (Å²) in [5, 5.41) is 0. The highest BCUT2D eigenvalue weighted by Gasteiger charge is 2.75. The molecule has 0 aromatic carbocycles. The smallest absolute Gasteiger partial charge is 0.375 e. The summed E-state index contributed by atoms with van der Waals surface area (Å²) in [5.74, 6) is 2.99. The van der Waals surface area contributed by atoms with Crippen LogP contribution in [0.5, 0.6) is 0 Å². The van der Waals surface area contributed by atoms with Crippen molar-refractivity contribution in [2.45, 2.75) is 158 Å². The molecule has 0 bridgehead atoms. The molecule has 2 unspecified atom stereocenters. The van der Waals surface area contributed by atoms with Gasteiger partial charge in [-0.3, -0.25) is 4.52 Å². The van der Waals surface area contributed by atoms with Crippen LogP contribution in [0.1, 0.15) is 146 Å². The van der Waals surface area contributed by atoms with E-state index in [-0.39, 0.29) is 33.2 Å². The molecule has 0 amide bonds. The summed E-state index contributed by atoms with van der Waals surface area (Å²) < 4.78 is 41.0. The van der Waals surface area contributed by atoms with Gasteiger partial charge < -0.3 is 19.4 Å². The van der Waals surface area contributed by atoms with Gasteiger partial charge in [0.05, 0.1) is 11.7 Å². The Bertz CT molecular complexity index is 1320. The minimum absolute atomic E-state index is 0.00941. The Balaban J connectivity index is 1.55. The minimum atomic E-state index is -5.19. The zero-order valence-electron chi connectivity index (χ0n) is 31.7. The summed E-state index contributed by atoms with van der Waals surface area (Å²) in [6, 6.07) is 0. The van der Waals surface area contributed by atoms with Gasteiger partial charge in [-0.1, -0.05) is 74.0 Å². The molecule has 3 N–H and O–H groups in total. The first kappa shape index (κ1) is 39.2. The van der Waals surface area contributed by atoms with Crippen LogP contribution >= 0.6 is 15.6 Å². The molecule has 5 fully saturated rings. The van der Waals surface area contributed by atoms with Gasteiger partial charge in [-0.05, 0) is 142 Å². The zero-order chi connectivity index (χ0) is 35.9. The number of fused-ring (bicyclic) bond motifs is 7. The molecule has 48 heavy (non-hydrogen) atoms. The topological polar surface area (TPSA) is 123 Å². The third kappa shape index (κ3) is 5.59. The average Bonchev–Trinajstić information content (AvgIpc) is 3.38. The molecule has 0 radical (unpaired) electrons. The molecular weight excluding hydrogens is 646 g/mol. The molecule has 278 valence electrons. The number of hydrogen-bond acceptors (Lipinski definition) is 5. The molecule has 0 spiro atoms. The first-order valence-electron chi connectivity index (χ1n) is 19.2. The SMILES string of the molecule is C=C(C)[C@@H]1CC[C@]2(C(CC)(CC)OCC)C(CC)C[C@]3(C)[C@H](CC[C@@H]4[C@@]5(C)CC[C@H](OP(=O)(O)OP(=O)(O)O)C(C)(C)[C@@H]5CC[C@]43C)[C@@H]12. The van der Waals surface area contributed by atoms with Gasteiger partial charge in [0.25, 0.3) is 0 Å². The molecule has 5 saturated carbocycles. The fraction of sp³-hybridized carbons (Fsp3) is 0.947. The van der Waals surface area contributed by atoms with E-state index >= 15 is 0 Å². The van der Waals surface area contributed by atoms with Gasteiger partial charge in [0, 0.05) is 12.0 Å². The van der Waals surface area contributed by atoms with Crippen LogP contribution in [-0.4, -0.2) is 33.0 Å². The lowest BCUT2D eigenvalue weighted by molar-refractivity contribution is -0.283. The summed E-state index contributed by atoms with van der Waals surface area (Å²) in [4.78, 5) is 28.8. The van der Waals surface area contributed by atoms with Crippen LogP contribution in [0.4, 0.5) is 0 Å². The Labute approximate surface area is 291 Å². The van der Waals surface area contributed by atoms with E-state index in [0.29, 0.717) is 36.0 Å². The molecule has 8 nitrogen and oxygen atoms in total. The van der Waals surface area contributed by atoms with Crippen molar-refractivity contribution < 1.29 is 37.4 Å². The van der Waals surface area contributed by atoms with Gasteiger partial charge in [0.2, 0.25) is 0 Å². The largest absolute Gasteiger partial charge is 0.481 e. The molecule has 5 rings (SSSR count). The fourth-order valence-electron chi connectivity index (χ4n) is 14.8. The lowest BCUT2D eigenvalue weighted by atomic mass is 9.30. The summed E-state index contributed by atoms with van der Waals surface area (Å²) in [7, 11) is -10.1. The van der Waals surface area contributed by atoms with Gasteiger partial charge in [0.1, 0.15) is 0 Å². The second-order valence-electron chi connectivity index (χ2n) is 18.2. The highest BCUT2D eigenvalue weighted by molar-refractivity contribution is 7.60. The number of hydrogen-bond donors (Lipinski definition) is 3. The molecule has 0 aliphatic heterocycles. The first-order valence-corrected chi connectivity index (χ1v) is 22.2. The van der Waals surface area contributed by atoms with Crippen LogP contribution in [0, 0.1) is 62.6 Å². The Morgan fingerprint density at radius 2 is 1.50 bits per heavy atom. The lowest BCUT2D eigenvalue weighted by Crippen LogP contribution is -2.70. The van der Waals surface area contributed by atoms with Crippen molar-refractivity contribution in [3.63, 3.8) is 0 Å². The van der Waals surface area contributed by atoms with Gasteiger partial charge in [0.15, 0.2) is 0 Å². The van der Waals surface area contributed by atoms with Crippen molar-refractivity contribution >= 4 is 15.6 Å². The monoisotopic (exact) mass is 714 g/mol. The van der Waals surface area contributed by atoms with E-state index in [9.17, 15) is 23.8 Å². The van der Waals surface area contributed by atoms with Crippen molar-refractivity contribution in [3.8, 4) is 0 Å². The third-order valence-corrected chi connectivity index (χ3v) is 18.8. The second-order valence-corrected chi connectivity index (χ2v) is 20.9. The number of phosphoric ester groups is 1. The van der Waals surface area contributed by atoms with Crippen molar-refractivity contribution in [3.05, 3.63) is 12.2 Å². The summed E-state index contributed by atoms with van der Waals surface area (Å²) >= 11 is 0. The van der Waals surface area contributed by atoms with Crippen LogP contribution < -0.4 is 0 Å². The van der Waals surface area contributed by atoms with Crippen molar-refractivity contribution in [1.29, 1.82) is 0 Å². The van der Waals surface area contributed by atoms with Gasteiger partial charge in [-0.2, -0.15) is 4.31 Å². The molecule has 12 atom stereocenters.